The normalized spacial score (nSPS) is 14.3. The predicted octanol–water partition coefficient (Wildman–Crippen LogP) is 5.14. The van der Waals surface area contributed by atoms with Gasteiger partial charge in [0.2, 0.25) is 11.7 Å². The van der Waals surface area contributed by atoms with E-state index in [2.05, 4.69) is 48.7 Å². The summed E-state index contributed by atoms with van der Waals surface area (Å²) in [5.74, 6) is 1.02. The van der Waals surface area contributed by atoms with Gasteiger partial charge < -0.3 is 25.0 Å². The van der Waals surface area contributed by atoms with E-state index in [9.17, 15) is 4.79 Å². The van der Waals surface area contributed by atoms with E-state index in [4.69, 9.17) is 4.52 Å². The number of aryl methyl sites for hydroxylation is 1. The highest BCUT2D eigenvalue weighted by molar-refractivity contribution is 6.09. The van der Waals surface area contributed by atoms with Crippen LogP contribution in [0.3, 0.4) is 0 Å². The zero-order valence-electron chi connectivity index (χ0n) is 20.7. The van der Waals surface area contributed by atoms with Gasteiger partial charge in [-0.3, -0.25) is 4.98 Å². The first-order chi connectivity index (χ1) is 18.0. The molecule has 0 saturated carbocycles. The maximum absolute atomic E-state index is 13.0. The third-order valence-electron chi connectivity index (χ3n) is 6.76. The average Bonchev–Trinajstić information content (AvgIpc) is 3.34. The van der Waals surface area contributed by atoms with E-state index in [0.717, 1.165) is 59.1 Å². The molecule has 3 aromatic carbocycles. The summed E-state index contributed by atoms with van der Waals surface area (Å²) in [7, 11) is 2.14. The second-order valence-corrected chi connectivity index (χ2v) is 9.27. The number of pyridine rings is 1. The summed E-state index contributed by atoms with van der Waals surface area (Å²) in [4.78, 5) is 26.6. The largest absolute Gasteiger partial charge is 0.368 e. The average molecular weight is 494 g/mol. The molecule has 6 rings (SSSR count). The molecule has 1 aliphatic rings. The number of fused-ring (bicyclic) bond motifs is 2. The van der Waals surface area contributed by atoms with E-state index >= 15 is 0 Å². The summed E-state index contributed by atoms with van der Waals surface area (Å²) in [5.41, 5.74) is 4.28. The van der Waals surface area contributed by atoms with Gasteiger partial charge in [0.05, 0.1) is 11.2 Å². The van der Waals surface area contributed by atoms with Crippen molar-refractivity contribution in [2.24, 2.45) is 0 Å². The number of amides is 2. The molecule has 1 fully saturated rings. The number of anilines is 3. The summed E-state index contributed by atoms with van der Waals surface area (Å²) < 4.78 is 5.16. The van der Waals surface area contributed by atoms with E-state index in [0.29, 0.717) is 23.1 Å². The quantitative estimate of drug-likeness (QED) is 0.357. The van der Waals surface area contributed by atoms with Crippen LogP contribution in [0.5, 0.6) is 0 Å². The summed E-state index contributed by atoms with van der Waals surface area (Å²) in [6.45, 7) is 5.71. The molecule has 9 nitrogen and oxygen atoms in total. The van der Waals surface area contributed by atoms with Gasteiger partial charge >= 0.3 is 6.03 Å². The lowest BCUT2D eigenvalue weighted by molar-refractivity contribution is 0.262. The Balaban J connectivity index is 1.26. The molecule has 2 aromatic heterocycles. The lowest BCUT2D eigenvalue weighted by Crippen LogP contribution is -2.44. The molecule has 0 aliphatic carbocycles. The second-order valence-electron chi connectivity index (χ2n) is 9.27. The van der Waals surface area contributed by atoms with Crippen molar-refractivity contribution in [3.63, 3.8) is 0 Å². The van der Waals surface area contributed by atoms with Crippen molar-refractivity contribution in [3.05, 3.63) is 72.8 Å². The van der Waals surface area contributed by atoms with Crippen LogP contribution >= 0.6 is 0 Å². The molecule has 5 aromatic rings. The Hall–Kier alpha value is -4.50. The molecule has 2 amide bonds. The smallest absolute Gasteiger partial charge is 0.323 e. The van der Waals surface area contributed by atoms with Gasteiger partial charge in [0.15, 0.2) is 0 Å². The molecule has 0 radical (unpaired) electrons. The highest BCUT2D eigenvalue weighted by Gasteiger charge is 2.17. The van der Waals surface area contributed by atoms with Crippen molar-refractivity contribution in [2.75, 3.05) is 48.8 Å². The van der Waals surface area contributed by atoms with E-state index < -0.39 is 0 Å². The second kappa shape index (κ2) is 9.51. The molecule has 0 atom stereocenters. The summed E-state index contributed by atoms with van der Waals surface area (Å²) in [6.07, 6.45) is 1.85. The molecule has 9 heteroatoms. The van der Waals surface area contributed by atoms with E-state index in [1.807, 2.05) is 60.8 Å². The Morgan fingerprint density at radius 2 is 1.73 bits per heavy atom. The number of urea groups is 1. The fraction of sp³-hybridized carbons (Fsp3) is 0.214. The first-order valence-electron chi connectivity index (χ1n) is 12.3. The Bertz CT molecular complexity index is 1610. The minimum atomic E-state index is -0.322. The summed E-state index contributed by atoms with van der Waals surface area (Å²) in [6, 6.07) is 19.1. The number of hydrogen-bond donors (Lipinski definition) is 2. The lowest BCUT2D eigenvalue weighted by Gasteiger charge is -2.34. The third kappa shape index (κ3) is 4.56. The van der Waals surface area contributed by atoms with Crippen molar-refractivity contribution in [2.45, 2.75) is 6.92 Å². The molecule has 1 saturated heterocycles. The van der Waals surface area contributed by atoms with Crippen LogP contribution in [-0.2, 0) is 0 Å². The van der Waals surface area contributed by atoms with Crippen molar-refractivity contribution < 1.29 is 9.32 Å². The molecule has 37 heavy (non-hydrogen) atoms. The van der Waals surface area contributed by atoms with Gasteiger partial charge in [-0.15, -0.1) is 0 Å². The predicted molar refractivity (Wildman–Crippen MR) is 146 cm³/mol. The van der Waals surface area contributed by atoms with Gasteiger partial charge in [0.1, 0.15) is 0 Å². The Morgan fingerprint density at radius 3 is 2.54 bits per heavy atom. The van der Waals surface area contributed by atoms with Gasteiger partial charge in [-0.1, -0.05) is 35.5 Å². The van der Waals surface area contributed by atoms with Crippen LogP contribution < -0.4 is 15.5 Å². The molecule has 0 unspecified atom stereocenters. The zero-order valence-corrected chi connectivity index (χ0v) is 20.7. The zero-order chi connectivity index (χ0) is 25.4. The van der Waals surface area contributed by atoms with Crippen LogP contribution in [0.15, 0.2) is 71.4 Å². The van der Waals surface area contributed by atoms with Crippen LogP contribution in [0.25, 0.3) is 33.1 Å². The number of benzene rings is 3. The molecular weight excluding hydrogens is 466 g/mol. The van der Waals surface area contributed by atoms with Crippen LogP contribution in [0.1, 0.15) is 5.89 Å². The molecular formula is C28H27N7O2. The third-order valence-corrected chi connectivity index (χ3v) is 6.76. The standard InChI is InChI=1S/C28H27N7O2/c1-18-30-27(33-37-18)22-7-3-6-21-20(22)5-4-8-25(21)32-28(36)31-19-9-10-24-23(17-19)26(11-12-29-24)35-15-13-34(2)14-16-35/h3-12,17H,13-16H2,1-2H3,(H2,31,32,36). The first-order valence-corrected chi connectivity index (χ1v) is 12.3. The number of carbonyl (C=O) groups excluding carboxylic acids is 1. The number of piperazine rings is 1. The minimum Gasteiger partial charge on any atom is -0.368 e. The number of aromatic nitrogens is 3. The first kappa shape index (κ1) is 22.9. The summed E-state index contributed by atoms with van der Waals surface area (Å²) in [5, 5.41) is 12.9. The number of carbonyl (C=O) groups is 1. The maximum atomic E-state index is 13.0. The molecule has 0 bridgehead atoms. The summed E-state index contributed by atoms with van der Waals surface area (Å²) >= 11 is 0. The monoisotopic (exact) mass is 493 g/mol. The van der Waals surface area contributed by atoms with Crippen molar-refractivity contribution in [3.8, 4) is 11.4 Å². The van der Waals surface area contributed by atoms with Crippen LogP contribution in [0.4, 0.5) is 21.9 Å². The van der Waals surface area contributed by atoms with Gasteiger partial charge in [-0.2, -0.15) is 4.98 Å². The maximum Gasteiger partial charge on any atom is 0.323 e. The van der Waals surface area contributed by atoms with Crippen LogP contribution in [-0.4, -0.2) is 59.3 Å². The van der Waals surface area contributed by atoms with Gasteiger partial charge in [0.25, 0.3) is 0 Å². The highest BCUT2D eigenvalue weighted by atomic mass is 16.5. The molecule has 186 valence electrons. The van der Waals surface area contributed by atoms with Crippen molar-refractivity contribution in [1.82, 2.24) is 20.0 Å². The Kier molecular flexibility index (Phi) is 5.90. The van der Waals surface area contributed by atoms with E-state index in [1.165, 1.54) is 0 Å². The fourth-order valence-corrected chi connectivity index (χ4v) is 4.84. The fourth-order valence-electron chi connectivity index (χ4n) is 4.84. The Labute approximate surface area is 214 Å². The van der Waals surface area contributed by atoms with Crippen molar-refractivity contribution in [1.29, 1.82) is 0 Å². The number of rotatable bonds is 4. The van der Waals surface area contributed by atoms with E-state index in [-0.39, 0.29) is 6.03 Å². The van der Waals surface area contributed by atoms with Gasteiger partial charge in [0, 0.05) is 67.0 Å². The highest BCUT2D eigenvalue weighted by Crippen LogP contribution is 2.32. The van der Waals surface area contributed by atoms with Gasteiger partial charge in [-0.05, 0) is 42.8 Å². The van der Waals surface area contributed by atoms with Crippen LogP contribution in [0.2, 0.25) is 0 Å². The minimum absolute atomic E-state index is 0.322. The molecule has 3 heterocycles. The SMILES string of the molecule is Cc1nc(-c2cccc3c(NC(=O)Nc4ccc5nccc(N6CCN(C)CC6)c5c4)cccc23)no1. The van der Waals surface area contributed by atoms with Crippen LogP contribution in [0, 0.1) is 6.92 Å². The van der Waals surface area contributed by atoms with Crippen molar-refractivity contribution >= 4 is 44.8 Å². The number of nitrogens with zero attached hydrogens (tertiary/aromatic N) is 5. The molecule has 2 N–H and O–H groups in total. The Morgan fingerprint density at radius 1 is 0.919 bits per heavy atom. The number of likely N-dealkylation sites (N-methyl/N-ethyl adjacent to an activating group) is 1. The number of hydrogen-bond acceptors (Lipinski definition) is 7. The molecule has 1 aliphatic heterocycles. The topological polar surface area (TPSA) is 99.4 Å². The lowest BCUT2D eigenvalue weighted by atomic mass is 10.0. The van der Waals surface area contributed by atoms with E-state index in [1.54, 1.807) is 6.92 Å². The van der Waals surface area contributed by atoms with Gasteiger partial charge in [-0.25, -0.2) is 4.79 Å². The number of nitrogens with one attached hydrogen (secondary N) is 2. The molecule has 0 spiro atoms.